The normalized spacial score (nSPS) is 25.6. The minimum atomic E-state index is 0.275. The highest BCUT2D eigenvalue weighted by molar-refractivity contribution is 7.77. The molecule has 2 rings (SSSR count). The lowest BCUT2D eigenvalue weighted by Gasteiger charge is -2.29. The van der Waals surface area contributed by atoms with Crippen LogP contribution >= 0.6 is 12.8 Å². The second-order valence-corrected chi connectivity index (χ2v) is 4.83. The van der Waals surface area contributed by atoms with E-state index in [2.05, 4.69) is 12.8 Å². The van der Waals surface area contributed by atoms with Crippen molar-refractivity contribution in [2.75, 3.05) is 26.2 Å². The molecule has 1 amide bonds. The second-order valence-electron chi connectivity index (χ2n) is 4.26. The summed E-state index contributed by atoms with van der Waals surface area (Å²) in [6.45, 7) is 3.88. The van der Waals surface area contributed by atoms with E-state index in [0.29, 0.717) is 5.91 Å². The Bertz CT molecular complexity index is 208. The zero-order chi connectivity index (χ0) is 9.97. The molecule has 80 valence electrons. The molecule has 0 aliphatic carbocycles. The molecule has 4 heteroatoms. The number of nitrogens with zero attached hydrogens (tertiary/aromatic N) is 2. The quantitative estimate of drug-likeness (QED) is 0.662. The summed E-state index contributed by atoms with van der Waals surface area (Å²) in [4.78, 5) is 14.0. The van der Waals surface area contributed by atoms with Gasteiger partial charge < -0.3 is 4.90 Å². The first-order chi connectivity index (χ1) is 6.77. The molecular weight excluding hydrogens is 196 g/mol. The molecule has 0 bridgehead atoms. The van der Waals surface area contributed by atoms with Crippen molar-refractivity contribution in [3.05, 3.63) is 0 Å². The summed E-state index contributed by atoms with van der Waals surface area (Å²) in [6.07, 6.45) is 4.35. The van der Waals surface area contributed by atoms with Gasteiger partial charge in [0.2, 0.25) is 5.91 Å². The number of hydrogen-bond acceptors (Lipinski definition) is 3. The third kappa shape index (κ3) is 2.23. The molecule has 0 saturated carbocycles. The molecule has 2 aliphatic heterocycles. The van der Waals surface area contributed by atoms with Gasteiger partial charge in [0.15, 0.2) is 0 Å². The van der Waals surface area contributed by atoms with Crippen LogP contribution < -0.4 is 0 Å². The topological polar surface area (TPSA) is 23.6 Å². The molecule has 0 aromatic carbocycles. The monoisotopic (exact) mass is 214 g/mol. The molecule has 0 spiro atoms. The maximum absolute atomic E-state index is 12.0. The molecule has 0 radical (unpaired) electrons. The van der Waals surface area contributed by atoms with Gasteiger partial charge in [0, 0.05) is 32.1 Å². The fourth-order valence-electron chi connectivity index (χ4n) is 2.31. The van der Waals surface area contributed by atoms with Gasteiger partial charge in [-0.1, -0.05) is 12.8 Å². The third-order valence-electron chi connectivity index (χ3n) is 3.24. The molecule has 2 fully saturated rings. The Kier molecular flexibility index (Phi) is 3.34. The molecule has 0 unspecified atom stereocenters. The van der Waals surface area contributed by atoms with Crippen molar-refractivity contribution in [3.8, 4) is 0 Å². The lowest BCUT2D eigenvalue weighted by molar-refractivity contribution is -0.135. The first-order valence-corrected chi connectivity index (χ1v) is 5.90. The molecule has 2 aliphatic rings. The standard InChI is InChI=1S/C10H18N2OS/c13-10(11-5-1-2-6-11)9-3-7-12(14)8-4-9/h9,14H,1-8H2. The fourth-order valence-corrected chi connectivity index (χ4v) is 2.54. The Balaban J connectivity index is 1.85. The number of rotatable bonds is 1. The Morgan fingerprint density at radius 1 is 1.07 bits per heavy atom. The van der Waals surface area contributed by atoms with Crippen LogP contribution in [0.15, 0.2) is 0 Å². The highest BCUT2D eigenvalue weighted by atomic mass is 32.1. The molecule has 0 atom stereocenters. The highest BCUT2D eigenvalue weighted by Gasteiger charge is 2.28. The maximum atomic E-state index is 12.0. The summed E-state index contributed by atoms with van der Waals surface area (Å²) in [7, 11) is 0. The van der Waals surface area contributed by atoms with Gasteiger partial charge in [-0.15, -0.1) is 0 Å². The van der Waals surface area contributed by atoms with Crippen LogP contribution in [0.5, 0.6) is 0 Å². The number of amides is 1. The third-order valence-corrected chi connectivity index (χ3v) is 3.64. The predicted molar refractivity (Wildman–Crippen MR) is 59.1 cm³/mol. The minimum Gasteiger partial charge on any atom is -0.342 e. The van der Waals surface area contributed by atoms with Crippen molar-refractivity contribution in [1.29, 1.82) is 0 Å². The molecule has 14 heavy (non-hydrogen) atoms. The van der Waals surface area contributed by atoms with Gasteiger partial charge in [0.25, 0.3) is 0 Å². The lowest BCUT2D eigenvalue weighted by atomic mass is 9.97. The van der Waals surface area contributed by atoms with Crippen LogP contribution in [-0.2, 0) is 4.79 Å². The van der Waals surface area contributed by atoms with E-state index in [4.69, 9.17) is 0 Å². The number of hydrogen-bond donors (Lipinski definition) is 1. The summed E-state index contributed by atoms with van der Waals surface area (Å²) in [6, 6.07) is 0. The van der Waals surface area contributed by atoms with Crippen LogP contribution in [0, 0.1) is 5.92 Å². The van der Waals surface area contributed by atoms with Crippen LogP contribution in [0.2, 0.25) is 0 Å². The Labute approximate surface area is 91.0 Å². The van der Waals surface area contributed by atoms with Crippen molar-refractivity contribution < 1.29 is 4.79 Å². The summed E-state index contributed by atoms with van der Waals surface area (Å²) in [5, 5.41) is 0. The maximum Gasteiger partial charge on any atom is 0.225 e. The molecule has 0 aromatic rings. The number of carbonyl (C=O) groups excluding carboxylic acids is 1. The summed E-state index contributed by atoms with van der Waals surface area (Å²) >= 11 is 4.29. The molecular formula is C10H18N2OS. The van der Waals surface area contributed by atoms with Gasteiger partial charge in [-0.3, -0.25) is 9.10 Å². The average Bonchev–Trinajstić information content (AvgIpc) is 2.71. The number of carbonyl (C=O) groups is 1. The fraction of sp³-hybridized carbons (Fsp3) is 0.900. The van der Waals surface area contributed by atoms with Gasteiger partial charge in [-0.05, 0) is 25.7 Å². The molecule has 2 saturated heterocycles. The molecule has 3 nitrogen and oxygen atoms in total. The second kappa shape index (κ2) is 4.53. The first kappa shape index (κ1) is 10.3. The summed E-state index contributed by atoms with van der Waals surface area (Å²) < 4.78 is 2.01. The summed E-state index contributed by atoms with van der Waals surface area (Å²) in [5.41, 5.74) is 0. The highest BCUT2D eigenvalue weighted by Crippen LogP contribution is 2.22. The molecule has 0 N–H and O–H groups in total. The van der Waals surface area contributed by atoms with Crippen molar-refractivity contribution in [2.24, 2.45) is 5.92 Å². The van der Waals surface area contributed by atoms with Crippen molar-refractivity contribution in [3.63, 3.8) is 0 Å². The van der Waals surface area contributed by atoms with Gasteiger partial charge in [0.05, 0.1) is 0 Å². The van der Waals surface area contributed by atoms with Crippen molar-refractivity contribution in [2.45, 2.75) is 25.7 Å². The van der Waals surface area contributed by atoms with Gasteiger partial charge >= 0.3 is 0 Å². The van der Waals surface area contributed by atoms with E-state index in [0.717, 1.165) is 39.0 Å². The van der Waals surface area contributed by atoms with E-state index in [-0.39, 0.29) is 5.92 Å². The SMILES string of the molecule is O=C(C1CCN(S)CC1)N1CCCC1. The van der Waals surface area contributed by atoms with E-state index in [9.17, 15) is 4.79 Å². The Morgan fingerprint density at radius 3 is 2.21 bits per heavy atom. The Morgan fingerprint density at radius 2 is 1.64 bits per heavy atom. The number of piperidine rings is 1. The molecule has 2 heterocycles. The van der Waals surface area contributed by atoms with E-state index in [1.54, 1.807) is 0 Å². The van der Waals surface area contributed by atoms with Gasteiger partial charge in [0.1, 0.15) is 0 Å². The van der Waals surface area contributed by atoms with Crippen molar-refractivity contribution >= 4 is 18.7 Å². The van der Waals surface area contributed by atoms with Crippen LogP contribution in [0.3, 0.4) is 0 Å². The van der Waals surface area contributed by atoms with Gasteiger partial charge in [-0.2, -0.15) is 0 Å². The van der Waals surface area contributed by atoms with E-state index >= 15 is 0 Å². The zero-order valence-electron chi connectivity index (χ0n) is 8.48. The van der Waals surface area contributed by atoms with Gasteiger partial charge in [-0.25, -0.2) is 0 Å². The number of thiol groups is 1. The van der Waals surface area contributed by atoms with E-state index in [1.165, 1.54) is 12.8 Å². The molecule has 0 aromatic heterocycles. The van der Waals surface area contributed by atoms with Crippen molar-refractivity contribution in [1.82, 2.24) is 9.21 Å². The number of likely N-dealkylation sites (tertiary alicyclic amines) is 1. The Hall–Kier alpha value is -0.220. The van der Waals surface area contributed by atoms with Crippen LogP contribution in [0.25, 0.3) is 0 Å². The van der Waals surface area contributed by atoms with E-state index < -0.39 is 0 Å². The smallest absolute Gasteiger partial charge is 0.225 e. The van der Waals surface area contributed by atoms with E-state index in [1.807, 2.05) is 9.21 Å². The zero-order valence-corrected chi connectivity index (χ0v) is 9.38. The summed E-state index contributed by atoms with van der Waals surface area (Å²) in [5.74, 6) is 0.667. The lowest BCUT2D eigenvalue weighted by Crippen LogP contribution is -2.39. The van der Waals surface area contributed by atoms with Crippen LogP contribution in [0.1, 0.15) is 25.7 Å². The minimum absolute atomic E-state index is 0.275. The largest absolute Gasteiger partial charge is 0.342 e. The first-order valence-electron chi connectivity index (χ1n) is 5.50. The predicted octanol–water partition coefficient (Wildman–Crippen LogP) is 1.17. The van der Waals surface area contributed by atoms with Crippen LogP contribution in [-0.4, -0.2) is 41.3 Å². The average molecular weight is 214 g/mol. The van der Waals surface area contributed by atoms with Crippen LogP contribution in [0.4, 0.5) is 0 Å².